The van der Waals surface area contributed by atoms with E-state index in [0.717, 1.165) is 9.96 Å². The molecular weight excluding hydrogens is 196 g/mol. The number of carbonyl (C=O) groups excluding carboxylic acids is 2. The van der Waals surface area contributed by atoms with Gasteiger partial charge in [-0.3, -0.25) is 9.63 Å². The zero-order valence-electron chi connectivity index (χ0n) is 8.51. The molecule has 0 bridgehead atoms. The van der Waals surface area contributed by atoms with E-state index in [9.17, 15) is 9.59 Å². The van der Waals surface area contributed by atoms with Gasteiger partial charge in [-0.2, -0.15) is 0 Å². The normalized spacial score (nSPS) is 9.47. The fourth-order valence-corrected chi connectivity index (χ4v) is 0.998. The SMILES string of the molecule is CON(C)C(=O)N([C]=O)c1ccccc1. The minimum Gasteiger partial charge on any atom is -0.273 e. The summed E-state index contributed by atoms with van der Waals surface area (Å²) >= 11 is 0. The first-order chi connectivity index (χ1) is 7.20. The van der Waals surface area contributed by atoms with Crippen molar-refractivity contribution in [3.8, 4) is 0 Å². The van der Waals surface area contributed by atoms with Crippen molar-refractivity contribution < 1.29 is 14.4 Å². The molecular formula is C10H11N2O3. The summed E-state index contributed by atoms with van der Waals surface area (Å²) in [6, 6.07) is 7.90. The summed E-state index contributed by atoms with van der Waals surface area (Å²) in [5.41, 5.74) is 0.446. The largest absolute Gasteiger partial charge is 0.355 e. The Bertz CT molecular complexity index is 340. The lowest BCUT2D eigenvalue weighted by Crippen LogP contribution is -2.39. The Morgan fingerprint density at radius 3 is 2.40 bits per heavy atom. The van der Waals surface area contributed by atoms with E-state index in [1.165, 1.54) is 14.2 Å². The average molecular weight is 207 g/mol. The number of hydrogen-bond donors (Lipinski definition) is 0. The number of nitrogens with zero attached hydrogens (tertiary/aromatic N) is 2. The molecule has 5 heteroatoms. The molecule has 0 heterocycles. The van der Waals surface area contributed by atoms with Crippen LogP contribution < -0.4 is 4.90 Å². The van der Waals surface area contributed by atoms with Crippen LogP contribution in [0.1, 0.15) is 0 Å². The smallest absolute Gasteiger partial charge is 0.273 e. The Labute approximate surface area is 87.8 Å². The third-order valence-corrected chi connectivity index (χ3v) is 1.84. The van der Waals surface area contributed by atoms with Crippen LogP contribution in [0.25, 0.3) is 0 Å². The van der Waals surface area contributed by atoms with Gasteiger partial charge in [0.15, 0.2) is 0 Å². The molecule has 5 nitrogen and oxygen atoms in total. The number of amides is 3. The standard InChI is InChI=1S/C10H11N2O3/c1-11(15-2)10(14)12(8-13)9-6-4-3-5-7-9/h3-7H,1-2H3. The second-order valence-electron chi connectivity index (χ2n) is 2.72. The van der Waals surface area contributed by atoms with Gasteiger partial charge in [0.2, 0.25) is 0 Å². The summed E-state index contributed by atoms with van der Waals surface area (Å²) in [5, 5.41) is 0.942. The molecule has 0 atom stereocenters. The number of para-hydroxylation sites is 1. The van der Waals surface area contributed by atoms with Crippen molar-refractivity contribution >= 4 is 18.1 Å². The molecule has 0 saturated carbocycles. The van der Waals surface area contributed by atoms with Gasteiger partial charge in [0.25, 0.3) is 0 Å². The van der Waals surface area contributed by atoms with Gasteiger partial charge >= 0.3 is 12.4 Å². The number of carbonyl (C=O) groups is 1. The van der Waals surface area contributed by atoms with E-state index in [2.05, 4.69) is 4.84 Å². The molecule has 0 N–H and O–H groups in total. The zero-order chi connectivity index (χ0) is 11.3. The van der Waals surface area contributed by atoms with Gasteiger partial charge in [0.1, 0.15) is 0 Å². The summed E-state index contributed by atoms with van der Waals surface area (Å²) in [7, 11) is 2.75. The molecule has 1 rings (SSSR count). The predicted molar refractivity (Wildman–Crippen MR) is 54.8 cm³/mol. The van der Waals surface area contributed by atoms with Crippen LogP contribution >= 0.6 is 0 Å². The van der Waals surface area contributed by atoms with Crippen LogP contribution in [0.15, 0.2) is 30.3 Å². The van der Waals surface area contributed by atoms with E-state index in [4.69, 9.17) is 0 Å². The van der Waals surface area contributed by atoms with E-state index in [-0.39, 0.29) is 0 Å². The fourth-order valence-electron chi connectivity index (χ4n) is 0.998. The van der Waals surface area contributed by atoms with E-state index in [0.29, 0.717) is 5.69 Å². The maximum atomic E-state index is 11.6. The zero-order valence-corrected chi connectivity index (χ0v) is 8.51. The highest BCUT2D eigenvalue weighted by Gasteiger charge is 2.19. The van der Waals surface area contributed by atoms with E-state index < -0.39 is 6.03 Å². The molecule has 3 amide bonds. The van der Waals surface area contributed by atoms with Crippen LogP contribution in [0.5, 0.6) is 0 Å². The van der Waals surface area contributed by atoms with Gasteiger partial charge in [-0.25, -0.2) is 14.8 Å². The van der Waals surface area contributed by atoms with Gasteiger partial charge in [-0.05, 0) is 12.1 Å². The molecule has 1 aromatic rings. The molecule has 0 aliphatic heterocycles. The van der Waals surface area contributed by atoms with E-state index in [1.807, 2.05) is 0 Å². The molecule has 1 aromatic carbocycles. The van der Waals surface area contributed by atoms with Gasteiger partial charge in [0, 0.05) is 7.05 Å². The number of urea groups is 1. The Hall–Kier alpha value is -1.88. The number of hydroxylamine groups is 2. The van der Waals surface area contributed by atoms with Gasteiger partial charge in [-0.15, -0.1) is 0 Å². The highest BCUT2D eigenvalue weighted by molar-refractivity contribution is 6.05. The molecule has 15 heavy (non-hydrogen) atoms. The highest BCUT2D eigenvalue weighted by atomic mass is 16.7. The van der Waals surface area contributed by atoms with Gasteiger partial charge in [-0.1, -0.05) is 18.2 Å². The topological polar surface area (TPSA) is 49.9 Å². The Morgan fingerprint density at radius 2 is 1.93 bits per heavy atom. The molecule has 0 unspecified atom stereocenters. The van der Waals surface area contributed by atoms with E-state index >= 15 is 0 Å². The van der Waals surface area contributed by atoms with Crippen LogP contribution in [-0.4, -0.2) is 31.7 Å². The lowest BCUT2D eigenvalue weighted by Gasteiger charge is -2.20. The number of anilines is 1. The average Bonchev–Trinajstić information content (AvgIpc) is 2.30. The lowest BCUT2D eigenvalue weighted by atomic mass is 10.3. The van der Waals surface area contributed by atoms with Crippen molar-refractivity contribution in [2.45, 2.75) is 0 Å². The first kappa shape index (κ1) is 11.2. The summed E-state index contributed by atoms with van der Waals surface area (Å²) in [6.45, 7) is 0. The van der Waals surface area contributed by atoms with Crippen molar-refractivity contribution in [3.63, 3.8) is 0 Å². The third-order valence-electron chi connectivity index (χ3n) is 1.84. The minimum atomic E-state index is -0.598. The third kappa shape index (κ3) is 2.54. The fraction of sp³-hybridized carbons (Fsp3) is 0.200. The van der Waals surface area contributed by atoms with Crippen molar-refractivity contribution in [2.75, 3.05) is 19.1 Å². The summed E-state index contributed by atoms with van der Waals surface area (Å²) in [6.07, 6.45) is 1.55. The minimum absolute atomic E-state index is 0.446. The van der Waals surface area contributed by atoms with Crippen LogP contribution in [0.4, 0.5) is 10.5 Å². The lowest BCUT2D eigenvalue weighted by molar-refractivity contribution is -0.0613. The van der Waals surface area contributed by atoms with Crippen LogP contribution in [0.3, 0.4) is 0 Å². The van der Waals surface area contributed by atoms with E-state index in [1.54, 1.807) is 36.7 Å². The second kappa shape index (κ2) is 5.11. The summed E-state index contributed by atoms with van der Waals surface area (Å²) in [4.78, 5) is 27.8. The number of rotatable bonds is 3. The maximum absolute atomic E-state index is 11.6. The van der Waals surface area contributed by atoms with Crippen molar-refractivity contribution in [3.05, 3.63) is 30.3 Å². The molecule has 0 aliphatic carbocycles. The molecule has 0 fully saturated rings. The Kier molecular flexibility index (Phi) is 3.82. The maximum Gasteiger partial charge on any atom is 0.355 e. The molecule has 0 saturated heterocycles. The van der Waals surface area contributed by atoms with Gasteiger partial charge in [0.05, 0.1) is 12.8 Å². The molecule has 79 valence electrons. The summed E-state index contributed by atoms with van der Waals surface area (Å²) in [5.74, 6) is 0. The number of imide groups is 1. The van der Waals surface area contributed by atoms with Crippen molar-refractivity contribution in [1.82, 2.24) is 5.06 Å². The Morgan fingerprint density at radius 1 is 1.33 bits per heavy atom. The second-order valence-corrected chi connectivity index (χ2v) is 2.72. The number of benzene rings is 1. The van der Waals surface area contributed by atoms with Crippen molar-refractivity contribution in [1.29, 1.82) is 0 Å². The van der Waals surface area contributed by atoms with Crippen molar-refractivity contribution in [2.24, 2.45) is 0 Å². The first-order valence-corrected chi connectivity index (χ1v) is 4.25. The van der Waals surface area contributed by atoms with Crippen LogP contribution in [-0.2, 0) is 9.63 Å². The van der Waals surface area contributed by atoms with Gasteiger partial charge < -0.3 is 0 Å². The van der Waals surface area contributed by atoms with Crippen LogP contribution in [0.2, 0.25) is 0 Å². The highest BCUT2D eigenvalue weighted by Crippen LogP contribution is 2.12. The molecule has 0 aliphatic rings. The molecule has 0 spiro atoms. The first-order valence-electron chi connectivity index (χ1n) is 4.25. The summed E-state index contributed by atoms with van der Waals surface area (Å²) < 4.78 is 0. The molecule has 1 radical (unpaired) electrons. The number of hydrogen-bond acceptors (Lipinski definition) is 3. The molecule has 0 aromatic heterocycles. The monoisotopic (exact) mass is 207 g/mol. The Balaban J connectivity index is 2.90. The van der Waals surface area contributed by atoms with Crippen LogP contribution in [0, 0.1) is 0 Å². The predicted octanol–water partition coefficient (Wildman–Crippen LogP) is 1.17. The quantitative estimate of drug-likeness (QED) is 0.552.